The van der Waals surface area contributed by atoms with E-state index in [1.807, 2.05) is 43.3 Å². The van der Waals surface area contributed by atoms with Gasteiger partial charge in [-0.25, -0.2) is 0 Å². The second kappa shape index (κ2) is 14.0. The number of fused-ring (bicyclic) bond motifs is 2. The van der Waals surface area contributed by atoms with E-state index in [1.165, 1.54) is 6.42 Å². The summed E-state index contributed by atoms with van der Waals surface area (Å²) >= 11 is 0. The lowest BCUT2D eigenvalue weighted by Gasteiger charge is -2.62. The van der Waals surface area contributed by atoms with Crippen LogP contribution < -0.4 is 20.3 Å². The molecule has 1 saturated heterocycles. The van der Waals surface area contributed by atoms with Crippen LogP contribution in [0.15, 0.2) is 36.4 Å². The van der Waals surface area contributed by atoms with Gasteiger partial charge in [0.15, 0.2) is 0 Å². The number of aliphatic carboxylic acids is 1. The Balaban J connectivity index is 1.46. The maximum Gasteiger partial charge on any atom is 0.322 e. The van der Waals surface area contributed by atoms with E-state index >= 15 is 0 Å². The van der Waals surface area contributed by atoms with Gasteiger partial charge in [0, 0.05) is 48.4 Å². The van der Waals surface area contributed by atoms with Crippen LogP contribution in [0.25, 0.3) is 11.1 Å². The molecule has 0 aromatic heterocycles. The van der Waals surface area contributed by atoms with Crippen LogP contribution in [-0.2, 0) is 21.0 Å². The summed E-state index contributed by atoms with van der Waals surface area (Å²) in [5.74, 6) is -0.670. The number of nitrogens with one attached hydrogen (secondary N) is 2. The molecule has 1 unspecified atom stereocenters. The quantitative estimate of drug-likeness (QED) is 0.228. The smallest absolute Gasteiger partial charge is 0.322 e. The Morgan fingerprint density at radius 1 is 1.17 bits per heavy atom. The molecule has 2 aromatic rings. The number of hydrogen-bond donors (Lipinski definition) is 5. The molecule has 2 aromatic carbocycles. The molecule has 48 heavy (non-hydrogen) atoms. The number of carbonyl (C=O) groups excluding carboxylic acids is 2. The second-order valence-electron chi connectivity index (χ2n) is 14.5. The molecule has 6 rings (SSSR count). The highest BCUT2D eigenvalue weighted by molar-refractivity contribution is 5.98. The number of anilines is 1. The van der Waals surface area contributed by atoms with Crippen molar-refractivity contribution in [2.75, 3.05) is 39.3 Å². The van der Waals surface area contributed by atoms with Gasteiger partial charge in [0.05, 0.1) is 26.4 Å². The largest absolute Gasteiger partial charge is 0.496 e. The van der Waals surface area contributed by atoms with Gasteiger partial charge in [-0.3, -0.25) is 19.2 Å². The van der Waals surface area contributed by atoms with Gasteiger partial charge in [0.1, 0.15) is 24.4 Å². The number of carbonyl (C=O) groups is 3. The number of hydroxylamine groups is 2. The lowest BCUT2D eigenvalue weighted by Crippen LogP contribution is -2.62. The van der Waals surface area contributed by atoms with Crippen molar-refractivity contribution in [3.05, 3.63) is 47.5 Å². The van der Waals surface area contributed by atoms with Gasteiger partial charge < -0.3 is 35.6 Å². The van der Waals surface area contributed by atoms with Crippen molar-refractivity contribution >= 4 is 23.5 Å². The maximum absolute atomic E-state index is 14.1. The van der Waals surface area contributed by atoms with Crippen molar-refractivity contribution in [3.63, 3.8) is 0 Å². The summed E-state index contributed by atoms with van der Waals surface area (Å²) in [7, 11) is 5.23. The van der Waals surface area contributed by atoms with Crippen molar-refractivity contribution in [3.8, 4) is 16.9 Å². The Hall–Kier alpha value is -3.71. The van der Waals surface area contributed by atoms with E-state index in [1.54, 1.807) is 31.2 Å². The number of carboxylic acid groups (broad SMARTS) is 1. The number of aliphatic hydroxyl groups excluding tert-OH is 2. The minimum absolute atomic E-state index is 0.0164. The van der Waals surface area contributed by atoms with Gasteiger partial charge in [-0.2, -0.15) is 5.06 Å². The number of ether oxygens (including phenoxy) is 1. The molecule has 12 nitrogen and oxygen atoms in total. The second-order valence-corrected chi connectivity index (χ2v) is 14.5. The number of benzene rings is 2. The zero-order valence-electron chi connectivity index (χ0n) is 28.9. The number of methoxy groups -OCH3 is 1. The number of carboxylic acids is 1. The molecule has 3 aliphatic carbocycles. The molecule has 5 N–H and O–H groups in total. The zero-order chi connectivity index (χ0) is 35.1. The highest BCUT2D eigenvalue weighted by Crippen LogP contribution is 2.61. The standard InChI is InChI=1S/C36H50N4O8/c1-19-27-14-24(36(27,3)4)15-28(19)38-35(46)32-31(20(2)42)29(18-41)48-40(32)17-21-9-8-10-26(33(21)47-7)22-11-23(13-25(12-22)39(5)6)34(45)37-16-30(43)44/h8-13,19-20,24,27-29,31-32,41-42H,14-18H2,1-7H3,(H,37,45)(H,38,46)(H,43,44)/t19-,20-,24+,27-,28-,29-,31?,32-/m0/s1. The van der Waals surface area contributed by atoms with Crippen LogP contribution in [0.2, 0.25) is 0 Å². The lowest BCUT2D eigenvalue weighted by molar-refractivity contribution is -0.183. The first-order chi connectivity index (χ1) is 22.7. The lowest BCUT2D eigenvalue weighted by atomic mass is 9.45. The molecule has 1 heterocycles. The third-order valence-corrected chi connectivity index (χ3v) is 11.1. The van der Waals surface area contributed by atoms with Crippen LogP contribution >= 0.6 is 0 Å². The summed E-state index contributed by atoms with van der Waals surface area (Å²) in [5.41, 5.74) is 3.31. The van der Waals surface area contributed by atoms with E-state index in [-0.39, 0.29) is 36.1 Å². The maximum atomic E-state index is 14.1. The molecule has 2 bridgehead atoms. The number of para-hydroxylation sites is 1. The van der Waals surface area contributed by atoms with Gasteiger partial charge >= 0.3 is 5.97 Å². The first-order valence-corrected chi connectivity index (χ1v) is 16.7. The summed E-state index contributed by atoms with van der Waals surface area (Å²) in [6, 6.07) is 9.98. The van der Waals surface area contributed by atoms with Crippen LogP contribution in [0.4, 0.5) is 5.69 Å². The number of aliphatic hydroxyl groups is 2. The molecular formula is C36H50N4O8. The Kier molecular flexibility index (Phi) is 10.4. The van der Waals surface area contributed by atoms with E-state index in [0.717, 1.165) is 12.1 Å². The highest BCUT2D eigenvalue weighted by Gasteiger charge is 2.57. The minimum Gasteiger partial charge on any atom is -0.496 e. The third-order valence-electron chi connectivity index (χ3n) is 11.1. The highest BCUT2D eigenvalue weighted by atomic mass is 16.7. The number of amides is 2. The average molecular weight is 667 g/mol. The fourth-order valence-electron chi connectivity index (χ4n) is 8.24. The van der Waals surface area contributed by atoms with Crippen LogP contribution in [0.1, 0.15) is 56.5 Å². The molecule has 2 amide bonds. The van der Waals surface area contributed by atoms with Gasteiger partial charge in [0.25, 0.3) is 5.91 Å². The van der Waals surface area contributed by atoms with Crippen molar-refractivity contribution in [1.82, 2.24) is 15.7 Å². The van der Waals surface area contributed by atoms with Crippen LogP contribution in [0, 0.1) is 29.1 Å². The summed E-state index contributed by atoms with van der Waals surface area (Å²) in [5, 5.41) is 37.4. The first kappa shape index (κ1) is 35.6. The summed E-state index contributed by atoms with van der Waals surface area (Å²) in [6.45, 7) is 7.70. The van der Waals surface area contributed by atoms with E-state index < -0.39 is 42.6 Å². The molecule has 8 atom stereocenters. The van der Waals surface area contributed by atoms with Crippen LogP contribution in [0.5, 0.6) is 5.75 Å². The van der Waals surface area contributed by atoms with Gasteiger partial charge in [-0.1, -0.05) is 39.0 Å². The number of hydrogen-bond acceptors (Lipinski definition) is 9. The van der Waals surface area contributed by atoms with Crippen molar-refractivity contribution in [2.24, 2.45) is 29.1 Å². The summed E-state index contributed by atoms with van der Waals surface area (Å²) in [4.78, 5) is 46.1. The number of rotatable bonds is 12. The molecule has 262 valence electrons. The fraction of sp³-hybridized carbons (Fsp3) is 0.583. The fourth-order valence-corrected chi connectivity index (χ4v) is 8.24. The van der Waals surface area contributed by atoms with Crippen molar-refractivity contribution in [2.45, 2.75) is 71.4 Å². The Morgan fingerprint density at radius 3 is 2.48 bits per heavy atom. The SMILES string of the molecule is COc1c(CN2O[C@@H](CO)C([C@H](C)O)[C@H]2C(=O)N[C@H]2C[C@H]3C[C@@H]([C@@H]2C)C3(C)C)cccc1-c1cc(C(=O)NCC(=O)O)cc(N(C)C)c1. The van der Waals surface area contributed by atoms with Crippen LogP contribution in [-0.4, -0.2) is 96.8 Å². The van der Waals surface area contributed by atoms with Gasteiger partial charge in [-0.05, 0) is 66.7 Å². The summed E-state index contributed by atoms with van der Waals surface area (Å²) in [6.07, 6.45) is 0.385. The van der Waals surface area contributed by atoms with E-state index in [2.05, 4.69) is 31.4 Å². The van der Waals surface area contributed by atoms with Gasteiger partial charge in [-0.15, -0.1) is 0 Å². The average Bonchev–Trinajstić information content (AvgIpc) is 3.42. The number of nitrogens with zero attached hydrogens (tertiary/aromatic N) is 2. The van der Waals surface area contributed by atoms with Crippen molar-refractivity contribution in [1.29, 1.82) is 0 Å². The van der Waals surface area contributed by atoms with Gasteiger partial charge in [0.2, 0.25) is 5.91 Å². The molecule has 12 heteroatoms. The third kappa shape index (κ3) is 6.76. The molecular weight excluding hydrogens is 616 g/mol. The summed E-state index contributed by atoms with van der Waals surface area (Å²) < 4.78 is 5.94. The van der Waals surface area contributed by atoms with E-state index in [4.69, 9.17) is 14.7 Å². The predicted octanol–water partition coefficient (Wildman–Crippen LogP) is 2.90. The molecule has 1 aliphatic heterocycles. The Morgan fingerprint density at radius 2 is 1.90 bits per heavy atom. The molecule has 0 radical (unpaired) electrons. The normalized spacial score (nSPS) is 28.2. The molecule has 0 spiro atoms. The monoisotopic (exact) mass is 666 g/mol. The van der Waals surface area contributed by atoms with Crippen molar-refractivity contribution < 1.29 is 39.3 Å². The Bertz CT molecular complexity index is 1530. The van der Waals surface area contributed by atoms with E-state index in [9.17, 15) is 24.6 Å². The molecule has 4 fully saturated rings. The van der Waals surface area contributed by atoms with E-state index in [0.29, 0.717) is 40.2 Å². The zero-order valence-corrected chi connectivity index (χ0v) is 28.9. The minimum atomic E-state index is -1.15. The van der Waals surface area contributed by atoms with Crippen LogP contribution in [0.3, 0.4) is 0 Å². The first-order valence-electron chi connectivity index (χ1n) is 16.7. The molecule has 4 aliphatic rings. The predicted molar refractivity (Wildman–Crippen MR) is 180 cm³/mol. The molecule has 3 saturated carbocycles. The Labute approximate surface area is 282 Å². The topological polar surface area (TPSA) is 161 Å².